The molecule has 0 bridgehead atoms. The fourth-order valence-electron chi connectivity index (χ4n) is 4.37. The molecular formula is C22H23N3O3. The van der Waals surface area contributed by atoms with Crippen LogP contribution in [0, 0.1) is 6.92 Å². The summed E-state index contributed by atoms with van der Waals surface area (Å²) >= 11 is 0. The fraction of sp³-hybridized carbons (Fsp3) is 0.364. The monoisotopic (exact) mass is 377 g/mol. The third kappa shape index (κ3) is 2.72. The minimum atomic E-state index is -0.330. The highest BCUT2D eigenvalue weighted by molar-refractivity contribution is 5.98. The number of fused-ring (bicyclic) bond motifs is 1. The van der Waals surface area contributed by atoms with Crippen LogP contribution in [-0.4, -0.2) is 58.9 Å². The summed E-state index contributed by atoms with van der Waals surface area (Å²) in [5.74, 6) is 0.931. The second-order valence-electron chi connectivity index (χ2n) is 7.57. The maximum Gasteiger partial charge on any atom is 0.254 e. The first kappa shape index (κ1) is 17.4. The number of nitrogens with zero attached hydrogens (tertiary/aromatic N) is 3. The Morgan fingerprint density at radius 3 is 2.64 bits per heavy atom. The lowest BCUT2D eigenvalue weighted by Gasteiger charge is -2.43. The molecule has 0 aliphatic carbocycles. The largest absolute Gasteiger partial charge is 0.379 e. The molecule has 2 aromatic carbocycles. The van der Waals surface area contributed by atoms with Gasteiger partial charge in [-0.1, -0.05) is 18.2 Å². The lowest BCUT2D eigenvalue weighted by molar-refractivity contribution is -0.0550. The Balaban J connectivity index is 1.53. The summed E-state index contributed by atoms with van der Waals surface area (Å²) < 4.78 is 13.4. The number of aryl methyl sites for hydroxylation is 1. The lowest BCUT2D eigenvalue weighted by Crippen LogP contribution is -2.59. The fourth-order valence-corrected chi connectivity index (χ4v) is 4.37. The molecule has 2 fully saturated rings. The third-order valence-electron chi connectivity index (χ3n) is 5.81. The topological polar surface area (TPSA) is 56.6 Å². The van der Waals surface area contributed by atoms with E-state index >= 15 is 0 Å². The molecule has 1 amide bonds. The Bertz CT molecular complexity index is 1020. The molecule has 3 heterocycles. The van der Waals surface area contributed by atoms with Gasteiger partial charge in [-0.05, 0) is 43.7 Å². The third-order valence-corrected chi connectivity index (χ3v) is 5.81. The zero-order valence-electron chi connectivity index (χ0n) is 15.9. The van der Waals surface area contributed by atoms with E-state index in [9.17, 15) is 4.79 Å². The number of para-hydroxylation sites is 1. The van der Waals surface area contributed by atoms with Crippen LogP contribution in [0.3, 0.4) is 0 Å². The summed E-state index contributed by atoms with van der Waals surface area (Å²) in [7, 11) is 0. The molecule has 1 atom stereocenters. The standard InChI is InChI=1S/C22H23N3O3/c1-16-23-19-13-17(7-8-20(19)25(16)18-5-3-2-4-6-18)21(26)24-10-12-28-15-22(24)9-11-27-14-22/h2-8,13H,9-12,14-15H2,1H3. The second kappa shape index (κ2) is 6.72. The zero-order valence-corrected chi connectivity index (χ0v) is 15.9. The van der Waals surface area contributed by atoms with Crippen molar-refractivity contribution in [1.29, 1.82) is 0 Å². The van der Waals surface area contributed by atoms with Crippen LogP contribution in [0.2, 0.25) is 0 Å². The highest BCUT2D eigenvalue weighted by Gasteiger charge is 2.45. The molecule has 28 heavy (non-hydrogen) atoms. The average Bonchev–Trinajstić information content (AvgIpc) is 3.31. The maximum absolute atomic E-state index is 13.3. The van der Waals surface area contributed by atoms with Crippen molar-refractivity contribution in [2.24, 2.45) is 0 Å². The number of aromatic nitrogens is 2. The van der Waals surface area contributed by atoms with Gasteiger partial charge >= 0.3 is 0 Å². The molecule has 2 aliphatic rings. The summed E-state index contributed by atoms with van der Waals surface area (Å²) in [4.78, 5) is 20.0. The van der Waals surface area contributed by atoms with Crippen molar-refractivity contribution in [1.82, 2.24) is 14.5 Å². The van der Waals surface area contributed by atoms with Gasteiger partial charge in [-0.2, -0.15) is 0 Å². The molecule has 6 nitrogen and oxygen atoms in total. The Labute approximate surface area is 163 Å². The molecular weight excluding hydrogens is 354 g/mol. The van der Waals surface area contributed by atoms with Gasteiger partial charge in [0.05, 0.1) is 36.4 Å². The van der Waals surface area contributed by atoms with E-state index in [2.05, 4.69) is 16.7 Å². The molecule has 6 heteroatoms. The van der Waals surface area contributed by atoms with Gasteiger partial charge in [-0.15, -0.1) is 0 Å². The second-order valence-corrected chi connectivity index (χ2v) is 7.57. The minimum Gasteiger partial charge on any atom is -0.379 e. The summed E-state index contributed by atoms with van der Waals surface area (Å²) in [6.07, 6.45) is 0.822. The van der Waals surface area contributed by atoms with Crippen LogP contribution >= 0.6 is 0 Å². The van der Waals surface area contributed by atoms with Gasteiger partial charge < -0.3 is 14.4 Å². The van der Waals surface area contributed by atoms with E-state index in [4.69, 9.17) is 14.5 Å². The lowest BCUT2D eigenvalue weighted by atomic mass is 9.94. The molecule has 1 aromatic heterocycles. The predicted molar refractivity (Wildman–Crippen MR) is 106 cm³/mol. The highest BCUT2D eigenvalue weighted by Crippen LogP contribution is 2.31. The molecule has 2 aliphatic heterocycles. The molecule has 1 unspecified atom stereocenters. The maximum atomic E-state index is 13.3. The molecule has 0 N–H and O–H groups in total. The number of hydrogen-bond donors (Lipinski definition) is 0. The minimum absolute atomic E-state index is 0.0302. The van der Waals surface area contributed by atoms with E-state index in [-0.39, 0.29) is 11.4 Å². The number of hydrogen-bond acceptors (Lipinski definition) is 4. The van der Waals surface area contributed by atoms with E-state index < -0.39 is 0 Å². The number of amides is 1. The molecule has 144 valence electrons. The van der Waals surface area contributed by atoms with Gasteiger partial charge in [0.25, 0.3) is 5.91 Å². The Morgan fingerprint density at radius 1 is 1.07 bits per heavy atom. The van der Waals surface area contributed by atoms with Crippen LogP contribution in [0.1, 0.15) is 22.6 Å². The van der Waals surface area contributed by atoms with Crippen LogP contribution in [0.15, 0.2) is 48.5 Å². The van der Waals surface area contributed by atoms with E-state index in [0.29, 0.717) is 38.5 Å². The number of carbonyl (C=O) groups excluding carboxylic acids is 1. The van der Waals surface area contributed by atoms with Crippen LogP contribution < -0.4 is 0 Å². The van der Waals surface area contributed by atoms with Gasteiger partial charge in [0.1, 0.15) is 5.82 Å². The van der Waals surface area contributed by atoms with Gasteiger partial charge in [-0.3, -0.25) is 9.36 Å². The highest BCUT2D eigenvalue weighted by atomic mass is 16.5. The van der Waals surface area contributed by atoms with Crippen molar-refractivity contribution in [3.63, 3.8) is 0 Å². The van der Waals surface area contributed by atoms with E-state index in [1.165, 1.54) is 0 Å². The van der Waals surface area contributed by atoms with Gasteiger partial charge in [0.2, 0.25) is 0 Å². The van der Waals surface area contributed by atoms with Crippen molar-refractivity contribution in [3.8, 4) is 5.69 Å². The van der Waals surface area contributed by atoms with Gasteiger partial charge in [-0.25, -0.2) is 4.98 Å². The SMILES string of the molecule is Cc1nc2cc(C(=O)N3CCOCC34CCOC4)ccc2n1-c1ccccc1. The number of morpholine rings is 1. The van der Waals surface area contributed by atoms with E-state index in [1.54, 1.807) is 0 Å². The molecule has 5 rings (SSSR count). The van der Waals surface area contributed by atoms with Crippen molar-refractivity contribution >= 4 is 16.9 Å². The van der Waals surface area contributed by atoms with Crippen LogP contribution in [-0.2, 0) is 9.47 Å². The molecule has 2 saturated heterocycles. The summed E-state index contributed by atoms with van der Waals surface area (Å²) in [6, 6.07) is 16.0. The summed E-state index contributed by atoms with van der Waals surface area (Å²) in [5, 5.41) is 0. The first-order valence-electron chi connectivity index (χ1n) is 9.70. The number of carbonyl (C=O) groups is 1. The normalized spacial score (nSPS) is 22.2. The molecule has 0 radical (unpaired) electrons. The van der Waals surface area contributed by atoms with Crippen LogP contribution in [0.25, 0.3) is 16.7 Å². The molecule has 0 saturated carbocycles. The van der Waals surface area contributed by atoms with E-state index in [1.807, 2.05) is 48.2 Å². The van der Waals surface area contributed by atoms with E-state index in [0.717, 1.165) is 29.0 Å². The quantitative estimate of drug-likeness (QED) is 0.689. The van der Waals surface area contributed by atoms with Crippen molar-refractivity contribution in [2.45, 2.75) is 18.9 Å². The average molecular weight is 377 g/mol. The summed E-state index contributed by atoms with van der Waals surface area (Å²) in [6.45, 7) is 4.91. The first-order valence-corrected chi connectivity index (χ1v) is 9.70. The van der Waals surface area contributed by atoms with Crippen molar-refractivity contribution in [2.75, 3.05) is 33.0 Å². The van der Waals surface area contributed by atoms with Crippen molar-refractivity contribution in [3.05, 3.63) is 59.9 Å². The van der Waals surface area contributed by atoms with Gasteiger partial charge in [0, 0.05) is 24.4 Å². The summed E-state index contributed by atoms with van der Waals surface area (Å²) in [5.41, 5.74) is 3.23. The van der Waals surface area contributed by atoms with Crippen LogP contribution in [0.5, 0.6) is 0 Å². The van der Waals surface area contributed by atoms with Gasteiger partial charge in [0.15, 0.2) is 0 Å². The zero-order chi connectivity index (χ0) is 19.1. The first-order chi connectivity index (χ1) is 13.7. The Hall–Kier alpha value is -2.70. The Morgan fingerprint density at radius 2 is 1.86 bits per heavy atom. The number of rotatable bonds is 2. The number of imidazole rings is 1. The Kier molecular flexibility index (Phi) is 4.18. The van der Waals surface area contributed by atoms with Crippen LogP contribution in [0.4, 0.5) is 0 Å². The smallest absolute Gasteiger partial charge is 0.254 e. The molecule has 1 spiro atoms. The number of benzene rings is 2. The van der Waals surface area contributed by atoms with Crippen molar-refractivity contribution < 1.29 is 14.3 Å². The predicted octanol–water partition coefficient (Wildman–Crippen LogP) is 2.97. The number of ether oxygens (including phenoxy) is 2. The molecule has 3 aromatic rings.